The predicted octanol–water partition coefficient (Wildman–Crippen LogP) is 3.00. The zero-order valence-corrected chi connectivity index (χ0v) is 10.7. The summed E-state index contributed by atoms with van der Waals surface area (Å²) in [5.41, 5.74) is 0.405. The number of carbonyl (C=O) groups excluding carboxylic acids is 1. The van der Waals surface area contributed by atoms with Crippen LogP contribution in [-0.4, -0.2) is 28.9 Å². The maximum atomic E-state index is 12.1. The Morgan fingerprint density at radius 3 is 2.56 bits per heavy atom. The zero-order valence-electron chi connectivity index (χ0n) is 9.90. The van der Waals surface area contributed by atoms with Crippen molar-refractivity contribution in [3.8, 4) is 0 Å². The number of nitrogens with zero attached hydrogens (tertiary/aromatic N) is 2. The second-order valence-electron chi connectivity index (χ2n) is 3.73. The molecule has 0 spiro atoms. The molecule has 0 fully saturated rings. The van der Waals surface area contributed by atoms with Gasteiger partial charge in [0.1, 0.15) is 10.8 Å². The van der Waals surface area contributed by atoms with Gasteiger partial charge < -0.3 is 4.90 Å². The van der Waals surface area contributed by atoms with Gasteiger partial charge in [-0.2, -0.15) is 0 Å². The fraction of sp³-hybridized carbons (Fsp3) is 0.500. The molecule has 0 atom stereocenters. The smallest absolute Gasteiger partial charge is 0.272 e. The van der Waals surface area contributed by atoms with Crippen LogP contribution in [-0.2, 0) is 0 Å². The Balaban J connectivity index is 2.85. The van der Waals surface area contributed by atoms with E-state index in [0.717, 1.165) is 12.8 Å². The molecular formula is C12H17ClN2O. The third-order valence-corrected chi connectivity index (χ3v) is 2.96. The lowest BCUT2D eigenvalue weighted by Crippen LogP contribution is -2.36. The normalized spacial score (nSPS) is 10.6. The lowest BCUT2D eigenvalue weighted by Gasteiger charge is -2.25. The van der Waals surface area contributed by atoms with Gasteiger partial charge in [0, 0.05) is 13.1 Å². The Kier molecular flexibility index (Phi) is 4.74. The fourth-order valence-electron chi connectivity index (χ4n) is 1.71. The van der Waals surface area contributed by atoms with Crippen molar-refractivity contribution in [2.45, 2.75) is 32.7 Å². The van der Waals surface area contributed by atoms with Crippen LogP contribution in [0.25, 0.3) is 0 Å². The Bertz CT molecular complexity index is 364. The van der Waals surface area contributed by atoms with Gasteiger partial charge >= 0.3 is 0 Å². The minimum Gasteiger partial charge on any atom is -0.337 e. The Labute approximate surface area is 101 Å². The number of halogens is 1. The standard InChI is InChI=1S/C12H17ClN2O/c1-4-9(5-2)15(3)12(16)10-7-6-8-11(13)14-10/h6-9H,4-5H2,1-3H3. The summed E-state index contributed by atoms with van der Waals surface area (Å²) in [5, 5.41) is 0.351. The molecular weight excluding hydrogens is 224 g/mol. The van der Waals surface area contributed by atoms with Crippen molar-refractivity contribution < 1.29 is 4.79 Å². The van der Waals surface area contributed by atoms with Gasteiger partial charge in [-0.3, -0.25) is 4.79 Å². The topological polar surface area (TPSA) is 33.2 Å². The van der Waals surface area contributed by atoms with E-state index < -0.39 is 0 Å². The van der Waals surface area contributed by atoms with Crippen LogP contribution in [0.2, 0.25) is 5.15 Å². The first-order valence-electron chi connectivity index (χ1n) is 5.49. The zero-order chi connectivity index (χ0) is 12.1. The van der Waals surface area contributed by atoms with Gasteiger partial charge in [0.2, 0.25) is 0 Å². The Morgan fingerprint density at radius 2 is 2.06 bits per heavy atom. The largest absolute Gasteiger partial charge is 0.337 e. The number of hydrogen-bond acceptors (Lipinski definition) is 2. The highest BCUT2D eigenvalue weighted by atomic mass is 35.5. The first kappa shape index (κ1) is 13.0. The van der Waals surface area contributed by atoms with Crippen LogP contribution < -0.4 is 0 Å². The second-order valence-corrected chi connectivity index (χ2v) is 4.12. The van der Waals surface area contributed by atoms with Crippen molar-refractivity contribution >= 4 is 17.5 Å². The van der Waals surface area contributed by atoms with Gasteiger partial charge in [-0.15, -0.1) is 0 Å². The molecule has 88 valence electrons. The van der Waals surface area contributed by atoms with E-state index in [2.05, 4.69) is 18.8 Å². The third-order valence-electron chi connectivity index (χ3n) is 2.74. The van der Waals surface area contributed by atoms with Crippen LogP contribution in [0.5, 0.6) is 0 Å². The lowest BCUT2D eigenvalue weighted by molar-refractivity contribution is 0.0718. The molecule has 1 amide bonds. The number of hydrogen-bond donors (Lipinski definition) is 0. The van der Waals surface area contributed by atoms with E-state index in [1.54, 1.807) is 23.1 Å². The summed E-state index contributed by atoms with van der Waals surface area (Å²) < 4.78 is 0. The van der Waals surface area contributed by atoms with Crippen LogP contribution in [0.1, 0.15) is 37.2 Å². The van der Waals surface area contributed by atoms with Crippen molar-refractivity contribution in [3.05, 3.63) is 29.0 Å². The Morgan fingerprint density at radius 1 is 1.44 bits per heavy atom. The van der Waals surface area contributed by atoms with Crippen LogP contribution in [0, 0.1) is 0 Å². The van der Waals surface area contributed by atoms with Crippen molar-refractivity contribution in [2.24, 2.45) is 0 Å². The fourth-order valence-corrected chi connectivity index (χ4v) is 1.87. The molecule has 0 saturated carbocycles. The molecule has 4 heteroatoms. The quantitative estimate of drug-likeness (QED) is 0.758. The van der Waals surface area contributed by atoms with Crippen molar-refractivity contribution in [1.82, 2.24) is 9.88 Å². The molecule has 0 radical (unpaired) electrons. The van der Waals surface area contributed by atoms with Gasteiger partial charge in [0.05, 0.1) is 0 Å². The molecule has 0 bridgehead atoms. The highest BCUT2D eigenvalue weighted by molar-refractivity contribution is 6.29. The van der Waals surface area contributed by atoms with Gasteiger partial charge in [-0.1, -0.05) is 31.5 Å². The average Bonchev–Trinajstić information content (AvgIpc) is 2.29. The molecule has 1 aromatic rings. The first-order valence-corrected chi connectivity index (χ1v) is 5.87. The molecule has 1 heterocycles. The average molecular weight is 241 g/mol. The van der Waals surface area contributed by atoms with Crippen molar-refractivity contribution in [1.29, 1.82) is 0 Å². The highest BCUT2D eigenvalue weighted by Crippen LogP contribution is 2.12. The number of amides is 1. The van der Waals surface area contributed by atoms with Gasteiger partial charge in [0.15, 0.2) is 0 Å². The molecule has 1 rings (SSSR count). The third kappa shape index (κ3) is 2.95. The van der Waals surface area contributed by atoms with Crippen molar-refractivity contribution in [2.75, 3.05) is 7.05 Å². The van der Waals surface area contributed by atoms with E-state index in [-0.39, 0.29) is 11.9 Å². The minimum atomic E-state index is -0.0730. The Hall–Kier alpha value is -1.09. The van der Waals surface area contributed by atoms with E-state index >= 15 is 0 Å². The van der Waals surface area contributed by atoms with E-state index in [4.69, 9.17) is 11.6 Å². The van der Waals surface area contributed by atoms with Crippen LogP contribution in [0.3, 0.4) is 0 Å². The summed E-state index contributed by atoms with van der Waals surface area (Å²) in [7, 11) is 1.81. The van der Waals surface area contributed by atoms with Crippen LogP contribution in [0.4, 0.5) is 0 Å². The maximum Gasteiger partial charge on any atom is 0.272 e. The van der Waals surface area contributed by atoms with Crippen molar-refractivity contribution in [3.63, 3.8) is 0 Å². The van der Waals surface area contributed by atoms with E-state index in [0.29, 0.717) is 10.8 Å². The molecule has 0 saturated heterocycles. The monoisotopic (exact) mass is 240 g/mol. The molecule has 0 aliphatic rings. The molecule has 0 aromatic carbocycles. The lowest BCUT2D eigenvalue weighted by atomic mass is 10.1. The number of pyridine rings is 1. The molecule has 0 N–H and O–H groups in total. The summed E-state index contributed by atoms with van der Waals surface area (Å²) in [6, 6.07) is 5.35. The maximum absolute atomic E-state index is 12.1. The van der Waals surface area contributed by atoms with E-state index in [1.165, 1.54) is 0 Å². The molecule has 0 aliphatic carbocycles. The van der Waals surface area contributed by atoms with Gasteiger partial charge in [-0.05, 0) is 25.0 Å². The number of rotatable bonds is 4. The second kappa shape index (κ2) is 5.85. The van der Waals surface area contributed by atoms with Gasteiger partial charge in [0.25, 0.3) is 5.91 Å². The summed E-state index contributed by atoms with van der Waals surface area (Å²) in [5.74, 6) is -0.0730. The summed E-state index contributed by atoms with van der Waals surface area (Å²) in [6.45, 7) is 4.15. The van der Waals surface area contributed by atoms with E-state index in [9.17, 15) is 4.79 Å². The molecule has 3 nitrogen and oxygen atoms in total. The van der Waals surface area contributed by atoms with Gasteiger partial charge in [-0.25, -0.2) is 4.98 Å². The number of carbonyl (C=O) groups is 1. The summed E-state index contributed by atoms with van der Waals surface area (Å²) in [4.78, 5) is 17.8. The summed E-state index contributed by atoms with van der Waals surface area (Å²) >= 11 is 5.76. The SMILES string of the molecule is CCC(CC)N(C)C(=O)c1cccc(Cl)n1. The molecule has 16 heavy (non-hydrogen) atoms. The molecule has 0 unspecified atom stereocenters. The molecule has 0 aliphatic heterocycles. The predicted molar refractivity (Wildman–Crippen MR) is 65.7 cm³/mol. The van der Waals surface area contributed by atoms with E-state index in [1.807, 2.05) is 7.05 Å². The minimum absolute atomic E-state index is 0.0730. The van der Waals surface area contributed by atoms with Crippen LogP contribution in [0.15, 0.2) is 18.2 Å². The van der Waals surface area contributed by atoms with Crippen LogP contribution >= 0.6 is 11.6 Å². The highest BCUT2D eigenvalue weighted by Gasteiger charge is 2.19. The number of aromatic nitrogens is 1. The first-order chi connectivity index (χ1) is 7.60. The summed E-state index contributed by atoms with van der Waals surface area (Å²) in [6.07, 6.45) is 1.89. The molecule has 1 aromatic heterocycles.